The van der Waals surface area contributed by atoms with Crippen LogP contribution in [0.5, 0.6) is 5.75 Å². The lowest BCUT2D eigenvalue weighted by molar-refractivity contribution is -0.274. The lowest BCUT2D eigenvalue weighted by Gasteiger charge is -2.19. The molecule has 0 aromatic heterocycles. The van der Waals surface area contributed by atoms with Crippen LogP contribution in [0, 0.1) is 0 Å². The summed E-state index contributed by atoms with van der Waals surface area (Å²) in [6.07, 6.45) is -4.57. The monoisotopic (exact) mass is 488 g/mol. The standard InChI is InChI=1S/C26H27F3N2O2S/c1-4-34-21-12-9-18(10-13-21)15-25(32)30-20-11-14-22(19(16-20)17-31(2)3)23-7-5-6-8-24(23)33-26(27,28)29/h5-14,16H,4,15,17H2,1-3H3,(H,30,32). The quantitative estimate of drug-likeness (QED) is 0.344. The van der Waals surface area contributed by atoms with E-state index in [1.54, 1.807) is 42.1 Å². The summed E-state index contributed by atoms with van der Waals surface area (Å²) in [6.45, 7) is 2.56. The number of nitrogens with one attached hydrogen (secondary N) is 1. The minimum atomic E-state index is -4.79. The largest absolute Gasteiger partial charge is 0.573 e. The summed E-state index contributed by atoms with van der Waals surface area (Å²) in [7, 11) is 3.74. The average molecular weight is 489 g/mol. The Hall–Kier alpha value is -2.97. The van der Waals surface area contributed by atoms with Crippen LogP contribution < -0.4 is 10.1 Å². The third-order valence-corrected chi connectivity index (χ3v) is 5.77. The van der Waals surface area contributed by atoms with Crippen molar-refractivity contribution in [1.82, 2.24) is 4.90 Å². The molecule has 8 heteroatoms. The highest BCUT2D eigenvalue weighted by Gasteiger charge is 2.32. The molecule has 0 aliphatic rings. The van der Waals surface area contributed by atoms with Crippen molar-refractivity contribution in [2.24, 2.45) is 0 Å². The van der Waals surface area contributed by atoms with Gasteiger partial charge < -0.3 is 15.0 Å². The average Bonchev–Trinajstić information content (AvgIpc) is 2.75. The summed E-state index contributed by atoms with van der Waals surface area (Å²) in [4.78, 5) is 15.7. The van der Waals surface area contributed by atoms with E-state index < -0.39 is 6.36 Å². The second-order valence-corrected chi connectivity index (χ2v) is 9.29. The maximum absolute atomic E-state index is 12.9. The summed E-state index contributed by atoms with van der Waals surface area (Å²) in [5, 5.41) is 2.90. The first-order valence-corrected chi connectivity index (χ1v) is 11.8. The van der Waals surface area contributed by atoms with E-state index in [2.05, 4.69) is 17.0 Å². The zero-order chi connectivity index (χ0) is 24.7. The molecular formula is C26H27F3N2O2S. The molecule has 4 nitrogen and oxygen atoms in total. The number of alkyl halides is 3. The Kier molecular flexibility index (Phi) is 8.63. The van der Waals surface area contributed by atoms with E-state index in [4.69, 9.17) is 0 Å². The van der Waals surface area contributed by atoms with Crippen LogP contribution in [0.2, 0.25) is 0 Å². The first-order valence-electron chi connectivity index (χ1n) is 10.8. The van der Waals surface area contributed by atoms with Crippen molar-refractivity contribution in [3.8, 4) is 16.9 Å². The molecule has 180 valence electrons. The van der Waals surface area contributed by atoms with Gasteiger partial charge in [-0.15, -0.1) is 24.9 Å². The van der Waals surface area contributed by atoms with Crippen LogP contribution in [-0.4, -0.2) is 37.0 Å². The minimum absolute atomic E-state index is 0.166. The molecule has 0 spiro atoms. The number of ether oxygens (including phenoxy) is 1. The summed E-state index contributed by atoms with van der Waals surface area (Å²) in [5.41, 5.74) is 3.19. The molecule has 0 aliphatic carbocycles. The molecule has 0 aliphatic heterocycles. The Morgan fingerprint density at radius 2 is 1.71 bits per heavy atom. The van der Waals surface area contributed by atoms with Crippen molar-refractivity contribution < 1.29 is 22.7 Å². The molecule has 0 saturated heterocycles. The second kappa shape index (κ2) is 11.4. The lowest BCUT2D eigenvalue weighted by atomic mass is 9.97. The predicted octanol–water partition coefficient (Wildman–Crippen LogP) is 6.61. The smallest absolute Gasteiger partial charge is 0.405 e. The van der Waals surface area contributed by atoms with E-state index in [1.165, 1.54) is 12.1 Å². The van der Waals surface area contributed by atoms with E-state index in [0.29, 0.717) is 23.4 Å². The number of benzene rings is 3. The van der Waals surface area contributed by atoms with Crippen LogP contribution in [0.1, 0.15) is 18.1 Å². The molecule has 0 fully saturated rings. The van der Waals surface area contributed by atoms with Crippen LogP contribution in [0.25, 0.3) is 11.1 Å². The summed E-state index contributed by atoms with van der Waals surface area (Å²) in [6, 6.07) is 19.1. The second-order valence-electron chi connectivity index (χ2n) is 7.96. The number of para-hydroxylation sites is 1. The molecule has 0 atom stereocenters. The highest BCUT2D eigenvalue weighted by atomic mass is 32.2. The van der Waals surface area contributed by atoms with Gasteiger partial charge in [-0.25, -0.2) is 0 Å². The van der Waals surface area contributed by atoms with Crippen LogP contribution in [0.15, 0.2) is 71.6 Å². The predicted molar refractivity (Wildman–Crippen MR) is 131 cm³/mol. The van der Waals surface area contributed by atoms with Gasteiger partial charge in [0.25, 0.3) is 0 Å². The van der Waals surface area contributed by atoms with Crippen molar-refractivity contribution in [2.75, 3.05) is 25.2 Å². The molecule has 0 heterocycles. The first-order chi connectivity index (χ1) is 16.1. The molecule has 1 amide bonds. The molecule has 0 unspecified atom stereocenters. The first kappa shape index (κ1) is 25.6. The van der Waals surface area contributed by atoms with Crippen molar-refractivity contribution >= 4 is 23.4 Å². The Balaban J connectivity index is 1.83. The van der Waals surface area contributed by atoms with Gasteiger partial charge in [0.05, 0.1) is 6.42 Å². The Labute approximate surface area is 202 Å². The highest BCUT2D eigenvalue weighted by Crippen LogP contribution is 2.36. The number of halogens is 3. The van der Waals surface area contributed by atoms with Gasteiger partial charge in [-0.1, -0.05) is 43.3 Å². The fourth-order valence-corrected chi connectivity index (χ4v) is 4.23. The van der Waals surface area contributed by atoms with Crippen molar-refractivity contribution in [3.05, 3.63) is 77.9 Å². The van der Waals surface area contributed by atoms with Gasteiger partial charge in [0.15, 0.2) is 0 Å². The normalized spacial score (nSPS) is 11.5. The van der Waals surface area contributed by atoms with E-state index in [9.17, 15) is 18.0 Å². The van der Waals surface area contributed by atoms with Gasteiger partial charge in [0.2, 0.25) is 5.91 Å². The number of rotatable bonds is 9. The topological polar surface area (TPSA) is 41.6 Å². The van der Waals surface area contributed by atoms with E-state index >= 15 is 0 Å². The third kappa shape index (κ3) is 7.53. The Bertz CT molecular complexity index is 1120. The molecule has 3 rings (SSSR count). The van der Waals surface area contributed by atoms with Crippen molar-refractivity contribution in [3.63, 3.8) is 0 Å². The SMILES string of the molecule is CCSc1ccc(CC(=O)Nc2ccc(-c3ccccc3OC(F)(F)F)c(CN(C)C)c2)cc1. The molecule has 0 saturated carbocycles. The van der Waals surface area contributed by atoms with Gasteiger partial charge in [0.1, 0.15) is 5.75 Å². The van der Waals surface area contributed by atoms with Crippen LogP contribution in [0.4, 0.5) is 18.9 Å². The number of thioether (sulfide) groups is 1. The van der Waals surface area contributed by atoms with Gasteiger partial charge >= 0.3 is 6.36 Å². The fraction of sp³-hybridized carbons (Fsp3) is 0.269. The molecule has 1 N–H and O–H groups in total. The Morgan fingerprint density at radius 1 is 1.00 bits per heavy atom. The van der Waals surface area contributed by atoms with Crippen LogP contribution in [0.3, 0.4) is 0 Å². The number of nitrogens with zero attached hydrogens (tertiary/aromatic N) is 1. The van der Waals surface area contributed by atoms with Crippen molar-refractivity contribution in [2.45, 2.75) is 31.1 Å². The molecule has 0 radical (unpaired) electrons. The zero-order valence-electron chi connectivity index (χ0n) is 19.3. The van der Waals surface area contributed by atoms with E-state index in [-0.39, 0.29) is 18.1 Å². The third-order valence-electron chi connectivity index (χ3n) is 4.88. The van der Waals surface area contributed by atoms with Gasteiger partial charge in [-0.3, -0.25) is 4.79 Å². The molecule has 0 bridgehead atoms. The number of hydrogen-bond acceptors (Lipinski definition) is 4. The van der Waals surface area contributed by atoms with Crippen molar-refractivity contribution in [1.29, 1.82) is 0 Å². The summed E-state index contributed by atoms with van der Waals surface area (Å²) >= 11 is 1.74. The minimum Gasteiger partial charge on any atom is -0.405 e. The van der Waals surface area contributed by atoms with E-state index in [1.807, 2.05) is 43.3 Å². The van der Waals surface area contributed by atoms with Gasteiger partial charge in [0, 0.05) is 22.7 Å². The molecule has 3 aromatic carbocycles. The van der Waals surface area contributed by atoms with E-state index in [0.717, 1.165) is 21.8 Å². The molecular weight excluding hydrogens is 461 g/mol. The maximum Gasteiger partial charge on any atom is 0.573 e. The summed E-state index contributed by atoms with van der Waals surface area (Å²) in [5.74, 6) is 0.550. The zero-order valence-corrected chi connectivity index (χ0v) is 20.1. The lowest BCUT2D eigenvalue weighted by Crippen LogP contribution is -2.18. The maximum atomic E-state index is 12.9. The summed E-state index contributed by atoms with van der Waals surface area (Å²) < 4.78 is 43.0. The number of hydrogen-bond donors (Lipinski definition) is 1. The number of carbonyl (C=O) groups is 1. The molecule has 34 heavy (non-hydrogen) atoms. The highest BCUT2D eigenvalue weighted by molar-refractivity contribution is 7.99. The Morgan fingerprint density at radius 3 is 2.35 bits per heavy atom. The number of carbonyl (C=O) groups excluding carboxylic acids is 1. The van der Waals surface area contributed by atoms with Crippen LogP contribution >= 0.6 is 11.8 Å². The van der Waals surface area contributed by atoms with Gasteiger partial charge in [-0.2, -0.15) is 0 Å². The van der Waals surface area contributed by atoms with Gasteiger partial charge in [-0.05, 0) is 66.9 Å². The van der Waals surface area contributed by atoms with Crippen LogP contribution in [-0.2, 0) is 17.8 Å². The number of amides is 1. The molecule has 3 aromatic rings. The number of anilines is 1. The fourth-order valence-electron chi connectivity index (χ4n) is 3.57.